The third-order valence-electron chi connectivity index (χ3n) is 5.66. The molecule has 0 atom stereocenters. The number of esters is 1. The van der Waals surface area contributed by atoms with Gasteiger partial charge in [0.25, 0.3) is 11.8 Å². The lowest BCUT2D eigenvalue weighted by atomic mass is 10.2. The van der Waals surface area contributed by atoms with Crippen LogP contribution in [0.5, 0.6) is 0 Å². The molecule has 0 unspecified atom stereocenters. The third kappa shape index (κ3) is 13.4. The molecule has 0 aromatic carbocycles. The fraction of sp³-hybridized carbons (Fsp3) is 0.769. The highest BCUT2D eigenvalue weighted by atomic mass is 16.6. The molecule has 0 aliphatic carbocycles. The molecule has 2 rings (SSSR count). The minimum absolute atomic E-state index is 0.0868. The van der Waals surface area contributed by atoms with Crippen LogP contribution < -0.4 is 0 Å². The van der Waals surface area contributed by atoms with E-state index >= 15 is 0 Å². The Morgan fingerprint density at radius 3 is 1.74 bits per heavy atom. The molecule has 12 nitrogen and oxygen atoms in total. The summed E-state index contributed by atoms with van der Waals surface area (Å²) in [4.78, 5) is 53.1. The van der Waals surface area contributed by atoms with Gasteiger partial charge in [-0.05, 0) is 27.2 Å². The highest BCUT2D eigenvalue weighted by Crippen LogP contribution is 2.08. The van der Waals surface area contributed by atoms with E-state index < -0.39 is 5.60 Å². The monoisotopic (exact) mass is 541 g/mol. The number of ether oxygens (including phenoxy) is 5. The number of rotatable bonds is 6. The standard InChI is InChI=1S/C26H43N3O9/c1-26(2,3)38-25(33)21-27-9-13-34-17-19-36-15-11-28(12-16-37-20-18-35-14-10-27)22(30)5-4-8-29-23(31)6-7-24(29)32/h6-7H,4-5,8-21H2,1-3H3. The van der Waals surface area contributed by atoms with Crippen LogP contribution >= 0.6 is 0 Å². The molecule has 0 aromatic rings. The predicted molar refractivity (Wildman–Crippen MR) is 137 cm³/mol. The van der Waals surface area contributed by atoms with Gasteiger partial charge in [0.2, 0.25) is 5.91 Å². The molecule has 38 heavy (non-hydrogen) atoms. The van der Waals surface area contributed by atoms with Crippen molar-refractivity contribution in [1.29, 1.82) is 0 Å². The lowest BCUT2D eigenvalue weighted by molar-refractivity contribution is -0.156. The van der Waals surface area contributed by atoms with Gasteiger partial charge in [-0.15, -0.1) is 0 Å². The van der Waals surface area contributed by atoms with Gasteiger partial charge in [0.1, 0.15) is 5.60 Å². The van der Waals surface area contributed by atoms with Crippen LogP contribution in [0.25, 0.3) is 0 Å². The Kier molecular flexibility index (Phi) is 14.5. The van der Waals surface area contributed by atoms with Crippen LogP contribution in [0.2, 0.25) is 0 Å². The predicted octanol–water partition coefficient (Wildman–Crippen LogP) is 0.244. The van der Waals surface area contributed by atoms with Gasteiger partial charge in [0.05, 0.1) is 59.4 Å². The van der Waals surface area contributed by atoms with Crippen molar-refractivity contribution in [2.75, 3.05) is 92.1 Å². The van der Waals surface area contributed by atoms with E-state index in [4.69, 9.17) is 23.7 Å². The van der Waals surface area contributed by atoms with Crippen molar-refractivity contribution in [1.82, 2.24) is 14.7 Å². The Hall–Kier alpha value is -2.38. The number of imide groups is 1. The molecule has 2 aliphatic rings. The summed E-state index contributed by atoms with van der Waals surface area (Å²) in [6.07, 6.45) is 3.08. The molecule has 2 heterocycles. The molecule has 0 saturated carbocycles. The maximum Gasteiger partial charge on any atom is 0.320 e. The molecule has 1 fully saturated rings. The normalized spacial score (nSPS) is 20.3. The molecule has 3 amide bonds. The Bertz CT molecular complexity index is 759. The summed E-state index contributed by atoms with van der Waals surface area (Å²) in [5, 5.41) is 0. The van der Waals surface area contributed by atoms with Crippen molar-refractivity contribution in [3.8, 4) is 0 Å². The second-order valence-corrected chi connectivity index (χ2v) is 9.96. The van der Waals surface area contributed by atoms with Crippen LogP contribution in [-0.4, -0.2) is 136 Å². The average molecular weight is 542 g/mol. The maximum absolute atomic E-state index is 12.8. The Labute approximate surface area is 225 Å². The molecule has 2 aliphatic heterocycles. The van der Waals surface area contributed by atoms with E-state index in [2.05, 4.69) is 0 Å². The van der Waals surface area contributed by atoms with Crippen molar-refractivity contribution >= 4 is 23.7 Å². The summed E-state index contributed by atoms with van der Waals surface area (Å²) >= 11 is 0. The lowest BCUT2D eigenvalue weighted by Crippen LogP contribution is -2.39. The molecular formula is C26H43N3O9. The zero-order valence-corrected chi connectivity index (χ0v) is 23.0. The molecule has 1 saturated heterocycles. The summed E-state index contributed by atoms with van der Waals surface area (Å²) < 4.78 is 28.0. The van der Waals surface area contributed by atoms with E-state index in [0.717, 1.165) is 4.90 Å². The van der Waals surface area contributed by atoms with Gasteiger partial charge in [-0.2, -0.15) is 0 Å². The van der Waals surface area contributed by atoms with Gasteiger partial charge in [0.15, 0.2) is 0 Å². The van der Waals surface area contributed by atoms with E-state index in [1.807, 2.05) is 25.7 Å². The zero-order chi connectivity index (χ0) is 27.8. The molecule has 0 bridgehead atoms. The smallest absolute Gasteiger partial charge is 0.320 e. The van der Waals surface area contributed by atoms with E-state index in [1.165, 1.54) is 12.2 Å². The van der Waals surface area contributed by atoms with E-state index in [9.17, 15) is 19.2 Å². The van der Waals surface area contributed by atoms with E-state index in [-0.39, 0.29) is 43.2 Å². The van der Waals surface area contributed by atoms with Gasteiger partial charge in [-0.1, -0.05) is 0 Å². The van der Waals surface area contributed by atoms with Crippen LogP contribution in [0.1, 0.15) is 33.6 Å². The van der Waals surface area contributed by atoms with Gasteiger partial charge in [0, 0.05) is 51.3 Å². The van der Waals surface area contributed by atoms with Gasteiger partial charge in [-0.3, -0.25) is 29.0 Å². The highest BCUT2D eigenvalue weighted by Gasteiger charge is 2.23. The summed E-state index contributed by atoms with van der Waals surface area (Å²) in [6, 6.07) is 0. The van der Waals surface area contributed by atoms with Crippen molar-refractivity contribution in [2.45, 2.75) is 39.2 Å². The van der Waals surface area contributed by atoms with Gasteiger partial charge < -0.3 is 28.6 Å². The van der Waals surface area contributed by atoms with Crippen molar-refractivity contribution in [3.63, 3.8) is 0 Å². The summed E-state index contributed by atoms with van der Waals surface area (Å²) in [5.74, 6) is -1.07. The molecule has 0 spiro atoms. The van der Waals surface area contributed by atoms with Crippen LogP contribution in [-0.2, 0) is 42.9 Å². The van der Waals surface area contributed by atoms with Crippen LogP contribution in [0.4, 0.5) is 0 Å². The maximum atomic E-state index is 12.8. The first-order valence-electron chi connectivity index (χ1n) is 13.2. The van der Waals surface area contributed by atoms with Crippen molar-refractivity contribution in [2.24, 2.45) is 0 Å². The van der Waals surface area contributed by atoms with Crippen LogP contribution in [0.3, 0.4) is 0 Å². The molecular weight excluding hydrogens is 498 g/mol. The van der Waals surface area contributed by atoms with Crippen LogP contribution in [0.15, 0.2) is 12.2 Å². The third-order valence-corrected chi connectivity index (χ3v) is 5.66. The number of carbonyl (C=O) groups excluding carboxylic acids is 4. The second kappa shape index (κ2) is 17.3. The van der Waals surface area contributed by atoms with Gasteiger partial charge >= 0.3 is 5.97 Å². The van der Waals surface area contributed by atoms with E-state index in [0.29, 0.717) is 85.5 Å². The second-order valence-electron chi connectivity index (χ2n) is 9.96. The number of hydrogen-bond acceptors (Lipinski definition) is 10. The fourth-order valence-electron chi connectivity index (χ4n) is 3.77. The number of carbonyl (C=O) groups is 4. The largest absolute Gasteiger partial charge is 0.459 e. The number of hydrogen-bond donors (Lipinski definition) is 0. The Morgan fingerprint density at radius 1 is 0.789 bits per heavy atom. The Balaban J connectivity index is 1.76. The molecule has 0 N–H and O–H groups in total. The molecule has 12 heteroatoms. The topological polar surface area (TPSA) is 124 Å². The van der Waals surface area contributed by atoms with Gasteiger partial charge in [-0.25, -0.2) is 0 Å². The van der Waals surface area contributed by atoms with E-state index in [1.54, 1.807) is 4.90 Å². The molecule has 216 valence electrons. The Morgan fingerprint density at radius 2 is 1.26 bits per heavy atom. The minimum Gasteiger partial charge on any atom is -0.459 e. The summed E-state index contributed by atoms with van der Waals surface area (Å²) in [5.41, 5.74) is -0.540. The highest BCUT2D eigenvalue weighted by molar-refractivity contribution is 6.12. The number of amides is 3. The molecule has 0 aromatic heterocycles. The van der Waals surface area contributed by atoms with Crippen molar-refractivity contribution < 1.29 is 42.9 Å². The lowest BCUT2D eigenvalue weighted by Gasteiger charge is -2.25. The average Bonchev–Trinajstić information content (AvgIpc) is 3.16. The zero-order valence-electron chi connectivity index (χ0n) is 23.0. The quantitative estimate of drug-likeness (QED) is 0.341. The molecule has 0 radical (unpaired) electrons. The minimum atomic E-state index is -0.540. The first kappa shape index (κ1) is 31.8. The SMILES string of the molecule is CC(C)(C)OC(=O)CN1CCOCCOCCN(C(=O)CCCN2C(=O)C=CC2=O)CCOCCOCC1. The van der Waals surface area contributed by atoms with Crippen molar-refractivity contribution in [3.05, 3.63) is 12.2 Å². The summed E-state index contributed by atoms with van der Waals surface area (Å²) in [6.45, 7) is 10.8. The fourth-order valence-corrected chi connectivity index (χ4v) is 3.77. The first-order chi connectivity index (χ1) is 18.2. The summed E-state index contributed by atoms with van der Waals surface area (Å²) in [7, 11) is 0. The number of nitrogens with zero attached hydrogens (tertiary/aromatic N) is 3. The first-order valence-corrected chi connectivity index (χ1v) is 13.2. The van der Waals surface area contributed by atoms with Crippen LogP contribution in [0, 0.1) is 0 Å².